The highest BCUT2D eigenvalue weighted by atomic mass is 127. The number of benzene rings is 1. The third kappa shape index (κ3) is 5.83. The van der Waals surface area contributed by atoms with Crippen LogP contribution in [0.3, 0.4) is 0 Å². The van der Waals surface area contributed by atoms with Crippen LogP contribution in [0.1, 0.15) is 39.0 Å². The molecule has 32 heavy (non-hydrogen) atoms. The first-order valence-corrected chi connectivity index (χ1v) is 11.7. The minimum absolute atomic E-state index is 0. The van der Waals surface area contributed by atoms with E-state index in [9.17, 15) is 8.78 Å². The van der Waals surface area contributed by atoms with E-state index < -0.39 is 11.6 Å². The van der Waals surface area contributed by atoms with Crippen molar-refractivity contribution in [3.8, 4) is 0 Å². The van der Waals surface area contributed by atoms with Crippen LogP contribution >= 0.6 is 24.0 Å². The van der Waals surface area contributed by atoms with E-state index in [4.69, 9.17) is 9.73 Å². The fourth-order valence-electron chi connectivity index (χ4n) is 5.13. The fraction of sp³-hybridized carbons (Fsp3) is 0.696. The minimum Gasteiger partial charge on any atom is -0.381 e. The molecule has 0 bridgehead atoms. The highest BCUT2D eigenvalue weighted by Crippen LogP contribution is 2.32. The van der Waals surface area contributed by atoms with Crippen molar-refractivity contribution in [1.82, 2.24) is 15.5 Å². The smallest absolute Gasteiger partial charge is 0.191 e. The van der Waals surface area contributed by atoms with Crippen LogP contribution in [0.15, 0.2) is 23.2 Å². The number of rotatable bonds is 6. The van der Waals surface area contributed by atoms with Gasteiger partial charge < -0.3 is 20.3 Å². The molecule has 1 unspecified atom stereocenters. The van der Waals surface area contributed by atoms with Crippen LogP contribution in [0.25, 0.3) is 0 Å². The first-order chi connectivity index (χ1) is 15.1. The Morgan fingerprint density at radius 3 is 2.50 bits per heavy atom. The Morgan fingerprint density at radius 1 is 1.16 bits per heavy atom. The molecule has 0 radical (unpaired) electrons. The Labute approximate surface area is 207 Å². The van der Waals surface area contributed by atoms with Crippen LogP contribution < -0.4 is 15.5 Å². The second-order valence-electron chi connectivity index (χ2n) is 8.87. The van der Waals surface area contributed by atoms with E-state index in [2.05, 4.69) is 22.5 Å². The lowest BCUT2D eigenvalue weighted by Gasteiger charge is -2.43. The Bertz CT molecular complexity index is 749. The van der Waals surface area contributed by atoms with E-state index >= 15 is 0 Å². The third-order valence-electron chi connectivity index (χ3n) is 6.86. The number of nitrogens with one attached hydrogen (secondary N) is 2. The lowest BCUT2D eigenvalue weighted by Crippen LogP contribution is -2.54. The van der Waals surface area contributed by atoms with Gasteiger partial charge in [0.1, 0.15) is 17.3 Å². The molecule has 0 aromatic heterocycles. The maximum Gasteiger partial charge on any atom is 0.191 e. The van der Waals surface area contributed by atoms with Gasteiger partial charge >= 0.3 is 0 Å². The molecule has 0 spiro atoms. The summed E-state index contributed by atoms with van der Waals surface area (Å²) in [6.45, 7) is 8.60. The SMILES string of the molecule is CCNC(=NCC1(N2CCCC2)CCOCC1)NC1CCN(c2c(F)cccc2F)C1.I. The molecule has 6 nitrogen and oxygen atoms in total. The summed E-state index contributed by atoms with van der Waals surface area (Å²) in [7, 11) is 0. The summed E-state index contributed by atoms with van der Waals surface area (Å²) in [6.07, 6.45) is 5.35. The van der Waals surface area contributed by atoms with Gasteiger partial charge in [-0.1, -0.05) is 6.07 Å². The van der Waals surface area contributed by atoms with E-state index in [1.165, 1.54) is 31.0 Å². The molecule has 1 aromatic rings. The molecule has 3 fully saturated rings. The average molecular weight is 563 g/mol. The number of guanidine groups is 1. The van der Waals surface area contributed by atoms with Crippen molar-refractivity contribution in [3.63, 3.8) is 0 Å². The number of hydrogen-bond acceptors (Lipinski definition) is 4. The highest BCUT2D eigenvalue weighted by molar-refractivity contribution is 14.0. The number of hydrogen-bond donors (Lipinski definition) is 2. The van der Waals surface area contributed by atoms with E-state index in [0.29, 0.717) is 13.1 Å². The summed E-state index contributed by atoms with van der Waals surface area (Å²) >= 11 is 0. The lowest BCUT2D eigenvalue weighted by atomic mass is 9.88. The fourth-order valence-corrected chi connectivity index (χ4v) is 5.13. The van der Waals surface area contributed by atoms with E-state index in [0.717, 1.165) is 64.6 Å². The van der Waals surface area contributed by atoms with Crippen molar-refractivity contribution >= 4 is 35.6 Å². The quantitative estimate of drug-likeness (QED) is 0.316. The molecule has 180 valence electrons. The zero-order valence-corrected chi connectivity index (χ0v) is 21.2. The van der Waals surface area contributed by atoms with Crippen molar-refractivity contribution in [2.75, 3.05) is 57.4 Å². The maximum absolute atomic E-state index is 14.2. The van der Waals surface area contributed by atoms with Crippen molar-refractivity contribution in [1.29, 1.82) is 0 Å². The van der Waals surface area contributed by atoms with Crippen LogP contribution in [0.5, 0.6) is 0 Å². The van der Waals surface area contributed by atoms with Gasteiger partial charge in [0.05, 0.1) is 6.54 Å². The summed E-state index contributed by atoms with van der Waals surface area (Å²) in [5.41, 5.74) is 0.152. The van der Waals surface area contributed by atoms with Gasteiger partial charge in [-0.3, -0.25) is 9.89 Å². The highest BCUT2D eigenvalue weighted by Gasteiger charge is 2.39. The third-order valence-corrected chi connectivity index (χ3v) is 6.86. The number of anilines is 1. The summed E-state index contributed by atoms with van der Waals surface area (Å²) in [6, 6.07) is 4.13. The number of halogens is 3. The van der Waals surface area contributed by atoms with Crippen LogP contribution in [0.2, 0.25) is 0 Å². The topological polar surface area (TPSA) is 52.1 Å². The Morgan fingerprint density at radius 2 is 1.84 bits per heavy atom. The van der Waals surface area contributed by atoms with E-state index in [1.54, 1.807) is 4.90 Å². The largest absolute Gasteiger partial charge is 0.381 e. The molecule has 3 heterocycles. The summed E-state index contributed by atoms with van der Waals surface area (Å²) in [5, 5.41) is 6.86. The standard InChI is InChI=1S/C23H35F2N5O.HI/c1-2-26-22(27-17-23(9-14-31-15-10-23)30-11-3-4-12-30)28-18-8-13-29(16-18)21-19(24)6-5-7-20(21)25;/h5-7,18H,2-4,8-17H2,1H3,(H2,26,27,28);1H. The minimum atomic E-state index is -0.506. The number of likely N-dealkylation sites (tertiary alicyclic amines) is 1. The van der Waals surface area contributed by atoms with Gasteiger partial charge in [-0.2, -0.15) is 0 Å². The molecular formula is C23H36F2IN5O. The van der Waals surface area contributed by atoms with Crippen molar-refractivity contribution in [2.45, 2.75) is 50.6 Å². The monoisotopic (exact) mass is 563 g/mol. The predicted octanol–water partition coefficient (Wildman–Crippen LogP) is 3.36. The molecule has 3 aliphatic heterocycles. The van der Waals surface area contributed by atoms with Crippen molar-refractivity contribution < 1.29 is 13.5 Å². The van der Waals surface area contributed by atoms with Gasteiger partial charge in [-0.25, -0.2) is 8.78 Å². The number of para-hydroxylation sites is 1. The van der Waals surface area contributed by atoms with Crippen LogP contribution in [-0.2, 0) is 4.74 Å². The summed E-state index contributed by atoms with van der Waals surface area (Å²) < 4.78 is 34.0. The summed E-state index contributed by atoms with van der Waals surface area (Å²) in [5.74, 6) is -0.227. The van der Waals surface area contributed by atoms with Gasteiger partial charge in [0.2, 0.25) is 0 Å². The van der Waals surface area contributed by atoms with Crippen LogP contribution in [0, 0.1) is 11.6 Å². The zero-order chi connectivity index (χ0) is 21.7. The lowest BCUT2D eigenvalue weighted by molar-refractivity contribution is -0.0139. The van der Waals surface area contributed by atoms with Crippen LogP contribution in [0.4, 0.5) is 14.5 Å². The second kappa shape index (κ2) is 11.8. The molecule has 2 N–H and O–H groups in total. The molecule has 3 aliphatic rings. The Balaban J connectivity index is 0.00000289. The number of nitrogens with zero attached hydrogens (tertiary/aromatic N) is 3. The van der Waals surface area contributed by atoms with Gasteiger partial charge in [0, 0.05) is 44.4 Å². The summed E-state index contributed by atoms with van der Waals surface area (Å²) in [4.78, 5) is 9.38. The zero-order valence-electron chi connectivity index (χ0n) is 18.9. The number of ether oxygens (including phenoxy) is 1. The molecule has 0 aliphatic carbocycles. The van der Waals surface area contributed by atoms with Crippen LogP contribution in [-0.4, -0.2) is 74.9 Å². The van der Waals surface area contributed by atoms with E-state index in [1.807, 2.05) is 0 Å². The number of aliphatic imine (C=N–C) groups is 1. The second-order valence-corrected chi connectivity index (χ2v) is 8.87. The molecule has 3 saturated heterocycles. The van der Waals surface area contributed by atoms with Gasteiger partial charge in [0.15, 0.2) is 5.96 Å². The molecule has 9 heteroatoms. The van der Waals surface area contributed by atoms with Gasteiger partial charge in [-0.05, 0) is 64.3 Å². The van der Waals surface area contributed by atoms with Gasteiger partial charge in [-0.15, -0.1) is 24.0 Å². The van der Waals surface area contributed by atoms with E-state index in [-0.39, 0.29) is 41.2 Å². The Hall–Kier alpha value is -1.20. The molecule has 4 rings (SSSR count). The molecular weight excluding hydrogens is 527 g/mol. The predicted molar refractivity (Wildman–Crippen MR) is 135 cm³/mol. The van der Waals surface area contributed by atoms with Crippen molar-refractivity contribution in [3.05, 3.63) is 29.8 Å². The molecule has 0 amide bonds. The van der Waals surface area contributed by atoms with Crippen molar-refractivity contribution in [2.24, 2.45) is 4.99 Å². The van der Waals surface area contributed by atoms with Gasteiger partial charge in [0.25, 0.3) is 0 Å². The molecule has 1 aromatic carbocycles. The first-order valence-electron chi connectivity index (χ1n) is 11.7. The average Bonchev–Trinajstić information content (AvgIpc) is 3.46. The molecule has 0 saturated carbocycles. The Kier molecular flexibility index (Phi) is 9.36. The normalized spacial score (nSPS) is 23.8. The molecule has 1 atom stereocenters. The first kappa shape index (κ1) is 25.4. The maximum atomic E-state index is 14.2.